The number of hydrogen-bond acceptors (Lipinski definition) is 3. The maximum atomic E-state index is 10.9. The molecule has 82 valence electrons. The number of aldehydes is 1. The average Bonchev–Trinajstić information content (AvgIpc) is 2.40. The molecular formula is C12H16O3. The third-order valence-corrected chi connectivity index (χ3v) is 2.39. The van der Waals surface area contributed by atoms with Gasteiger partial charge in [0.2, 0.25) is 0 Å². The Morgan fingerprint density at radius 3 is 3.00 bits per heavy atom. The molecule has 0 heterocycles. The van der Waals surface area contributed by atoms with Crippen molar-refractivity contribution in [1.82, 2.24) is 0 Å². The van der Waals surface area contributed by atoms with Crippen molar-refractivity contribution in [2.75, 3.05) is 0 Å². The van der Waals surface area contributed by atoms with Gasteiger partial charge in [0.15, 0.2) is 0 Å². The van der Waals surface area contributed by atoms with Crippen LogP contribution in [0.1, 0.15) is 26.2 Å². The van der Waals surface area contributed by atoms with Crippen molar-refractivity contribution >= 4 is 12.3 Å². The summed E-state index contributed by atoms with van der Waals surface area (Å²) in [6.45, 7) is 1.41. The lowest BCUT2D eigenvalue weighted by atomic mass is 9.95. The van der Waals surface area contributed by atoms with E-state index in [0.717, 1.165) is 19.1 Å². The molecule has 3 heteroatoms. The minimum absolute atomic E-state index is 0.127. The standard InChI is InChI=1S/C12H16O3/c1-10(14)15-12-8-4-2-3-6-11(12)7-5-9-13/h2-4,6,9,11-12H,5,7-8H2,1H3. The van der Waals surface area contributed by atoms with Gasteiger partial charge in [-0.05, 0) is 6.42 Å². The molecule has 0 bridgehead atoms. The van der Waals surface area contributed by atoms with Gasteiger partial charge in [0.05, 0.1) is 0 Å². The molecule has 0 saturated carbocycles. The van der Waals surface area contributed by atoms with Crippen molar-refractivity contribution in [1.29, 1.82) is 0 Å². The summed E-state index contributed by atoms with van der Waals surface area (Å²) in [4.78, 5) is 21.2. The predicted molar refractivity (Wildman–Crippen MR) is 57.2 cm³/mol. The van der Waals surface area contributed by atoms with Crippen LogP contribution in [-0.2, 0) is 14.3 Å². The summed E-state index contributed by atoms with van der Waals surface area (Å²) in [6.07, 6.45) is 10.6. The Morgan fingerprint density at radius 2 is 2.33 bits per heavy atom. The van der Waals surface area contributed by atoms with Crippen LogP contribution in [0.2, 0.25) is 0 Å². The Labute approximate surface area is 89.8 Å². The zero-order valence-electron chi connectivity index (χ0n) is 8.89. The number of carbonyl (C=O) groups excluding carboxylic acids is 2. The molecule has 0 aromatic heterocycles. The van der Waals surface area contributed by atoms with Gasteiger partial charge < -0.3 is 9.53 Å². The van der Waals surface area contributed by atoms with Crippen LogP contribution >= 0.6 is 0 Å². The van der Waals surface area contributed by atoms with E-state index >= 15 is 0 Å². The van der Waals surface area contributed by atoms with E-state index < -0.39 is 0 Å². The first-order valence-corrected chi connectivity index (χ1v) is 5.18. The third-order valence-electron chi connectivity index (χ3n) is 2.39. The summed E-state index contributed by atoms with van der Waals surface area (Å²) in [5.74, 6) is -0.117. The van der Waals surface area contributed by atoms with E-state index in [9.17, 15) is 9.59 Å². The quantitative estimate of drug-likeness (QED) is 0.524. The fourth-order valence-corrected chi connectivity index (χ4v) is 1.69. The van der Waals surface area contributed by atoms with Crippen LogP contribution in [-0.4, -0.2) is 18.4 Å². The molecule has 1 aliphatic carbocycles. The van der Waals surface area contributed by atoms with Crippen molar-refractivity contribution in [3.8, 4) is 0 Å². The number of rotatable bonds is 4. The van der Waals surface area contributed by atoms with Crippen LogP contribution < -0.4 is 0 Å². The first-order chi connectivity index (χ1) is 7.24. The fraction of sp³-hybridized carbons (Fsp3) is 0.500. The molecule has 0 N–H and O–H groups in total. The molecule has 0 amide bonds. The minimum Gasteiger partial charge on any atom is -0.462 e. The molecule has 2 unspecified atom stereocenters. The van der Waals surface area contributed by atoms with E-state index in [1.807, 2.05) is 24.3 Å². The van der Waals surface area contributed by atoms with Gasteiger partial charge in [-0.15, -0.1) is 0 Å². The Bertz CT molecular complexity index is 279. The van der Waals surface area contributed by atoms with Gasteiger partial charge in [0.25, 0.3) is 0 Å². The van der Waals surface area contributed by atoms with Crippen molar-refractivity contribution in [3.05, 3.63) is 24.3 Å². The first-order valence-electron chi connectivity index (χ1n) is 5.18. The summed E-state index contributed by atoms with van der Waals surface area (Å²) in [5.41, 5.74) is 0. The monoisotopic (exact) mass is 208 g/mol. The zero-order valence-corrected chi connectivity index (χ0v) is 8.89. The van der Waals surface area contributed by atoms with Crippen LogP contribution in [0.4, 0.5) is 0 Å². The molecule has 3 nitrogen and oxygen atoms in total. The fourth-order valence-electron chi connectivity index (χ4n) is 1.69. The minimum atomic E-state index is -0.264. The van der Waals surface area contributed by atoms with Gasteiger partial charge in [0, 0.05) is 25.7 Å². The van der Waals surface area contributed by atoms with E-state index in [-0.39, 0.29) is 18.0 Å². The van der Waals surface area contributed by atoms with Crippen LogP contribution in [0, 0.1) is 5.92 Å². The number of allylic oxidation sites excluding steroid dienone is 2. The lowest BCUT2D eigenvalue weighted by Gasteiger charge is -2.21. The predicted octanol–water partition coefficient (Wildman–Crippen LogP) is 2.03. The van der Waals surface area contributed by atoms with Gasteiger partial charge in [-0.2, -0.15) is 0 Å². The normalized spacial score (nSPS) is 24.6. The van der Waals surface area contributed by atoms with E-state index in [4.69, 9.17) is 4.74 Å². The number of hydrogen-bond donors (Lipinski definition) is 0. The van der Waals surface area contributed by atoms with Crippen LogP contribution in [0.25, 0.3) is 0 Å². The van der Waals surface area contributed by atoms with Crippen LogP contribution in [0.3, 0.4) is 0 Å². The lowest BCUT2D eigenvalue weighted by molar-refractivity contribution is -0.148. The highest BCUT2D eigenvalue weighted by Gasteiger charge is 2.21. The van der Waals surface area contributed by atoms with E-state index in [1.54, 1.807) is 0 Å². The molecule has 0 aromatic carbocycles. The Hall–Kier alpha value is -1.38. The van der Waals surface area contributed by atoms with Gasteiger partial charge >= 0.3 is 5.97 Å². The second-order valence-electron chi connectivity index (χ2n) is 3.60. The Balaban J connectivity index is 2.60. The molecule has 2 atom stereocenters. The Kier molecular flexibility index (Phi) is 4.81. The van der Waals surface area contributed by atoms with Gasteiger partial charge in [0.1, 0.15) is 12.4 Å². The molecule has 0 spiro atoms. The highest BCUT2D eigenvalue weighted by Crippen LogP contribution is 2.21. The molecule has 0 aliphatic heterocycles. The van der Waals surface area contributed by atoms with E-state index in [2.05, 4.69) is 0 Å². The third kappa shape index (κ3) is 4.11. The number of esters is 1. The maximum absolute atomic E-state index is 10.9. The van der Waals surface area contributed by atoms with Crippen molar-refractivity contribution in [2.24, 2.45) is 5.92 Å². The second-order valence-corrected chi connectivity index (χ2v) is 3.60. The van der Waals surface area contributed by atoms with E-state index in [0.29, 0.717) is 6.42 Å². The largest absolute Gasteiger partial charge is 0.462 e. The molecule has 0 saturated heterocycles. The smallest absolute Gasteiger partial charge is 0.302 e. The molecule has 0 fully saturated rings. The van der Waals surface area contributed by atoms with E-state index in [1.165, 1.54) is 6.92 Å². The summed E-state index contributed by atoms with van der Waals surface area (Å²) in [5, 5.41) is 0. The van der Waals surface area contributed by atoms with Gasteiger partial charge in [-0.3, -0.25) is 4.79 Å². The van der Waals surface area contributed by atoms with Crippen molar-refractivity contribution in [2.45, 2.75) is 32.3 Å². The molecule has 1 rings (SSSR count). The maximum Gasteiger partial charge on any atom is 0.302 e. The summed E-state index contributed by atoms with van der Waals surface area (Å²) >= 11 is 0. The van der Waals surface area contributed by atoms with Crippen LogP contribution in [0.15, 0.2) is 24.3 Å². The van der Waals surface area contributed by atoms with Crippen LogP contribution in [0.5, 0.6) is 0 Å². The molecular weight excluding hydrogens is 192 g/mol. The number of ether oxygens (including phenoxy) is 1. The molecule has 15 heavy (non-hydrogen) atoms. The molecule has 1 aliphatic rings. The average molecular weight is 208 g/mol. The van der Waals surface area contributed by atoms with Gasteiger partial charge in [-0.25, -0.2) is 0 Å². The molecule has 0 aromatic rings. The SMILES string of the molecule is CC(=O)OC1CC=CC=CC1CCC=O. The second kappa shape index (κ2) is 6.17. The van der Waals surface area contributed by atoms with Crippen molar-refractivity contribution < 1.29 is 14.3 Å². The molecule has 0 radical (unpaired) electrons. The number of carbonyl (C=O) groups is 2. The lowest BCUT2D eigenvalue weighted by Crippen LogP contribution is -2.24. The first kappa shape index (κ1) is 11.7. The highest BCUT2D eigenvalue weighted by atomic mass is 16.5. The Morgan fingerprint density at radius 1 is 1.53 bits per heavy atom. The van der Waals surface area contributed by atoms with Gasteiger partial charge in [-0.1, -0.05) is 24.3 Å². The van der Waals surface area contributed by atoms with Crippen molar-refractivity contribution in [3.63, 3.8) is 0 Å². The summed E-state index contributed by atoms with van der Waals surface area (Å²) in [7, 11) is 0. The summed E-state index contributed by atoms with van der Waals surface area (Å²) in [6, 6.07) is 0. The topological polar surface area (TPSA) is 43.4 Å². The highest BCUT2D eigenvalue weighted by molar-refractivity contribution is 5.66. The zero-order chi connectivity index (χ0) is 11.1. The summed E-state index contributed by atoms with van der Waals surface area (Å²) < 4.78 is 5.22.